The molecule has 0 radical (unpaired) electrons. The molecule has 1 aromatic heterocycles. The van der Waals surface area contributed by atoms with Crippen molar-refractivity contribution < 1.29 is 13.2 Å². The maximum atomic E-state index is 12.6. The monoisotopic (exact) mass is 261 g/mol. The van der Waals surface area contributed by atoms with Crippen molar-refractivity contribution in [2.45, 2.75) is 32.6 Å². The average Bonchev–Trinajstić information content (AvgIpc) is 2.26. The second-order valence-corrected chi connectivity index (χ2v) is 4.37. The third-order valence-electron chi connectivity index (χ3n) is 2.53. The number of anilines is 1. The number of nitrogens with zero attached hydrogens (tertiary/aromatic N) is 2. The Morgan fingerprint density at radius 1 is 1.39 bits per heavy atom. The summed E-state index contributed by atoms with van der Waals surface area (Å²) in [4.78, 5) is 5.30. The molecular weight excluding hydrogens is 243 g/mol. The van der Waals surface area contributed by atoms with Gasteiger partial charge in [0.05, 0.1) is 0 Å². The molecule has 1 heterocycles. The van der Waals surface area contributed by atoms with Crippen LogP contribution in [0.5, 0.6) is 0 Å². The molecule has 0 atom stereocenters. The van der Waals surface area contributed by atoms with E-state index in [1.807, 2.05) is 0 Å². The Morgan fingerprint density at radius 2 is 2.06 bits per heavy atom. The van der Waals surface area contributed by atoms with Crippen LogP contribution in [0.3, 0.4) is 0 Å². The van der Waals surface area contributed by atoms with Gasteiger partial charge in [-0.1, -0.05) is 0 Å². The molecule has 1 aromatic rings. The van der Waals surface area contributed by atoms with Crippen LogP contribution in [0.2, 0.25) is 0 Å². The van der Waals surface area contributed by atoms with Crippen LogP contribution >= 0.6 is 0 Å². The Kier molecular flexibility index (Phi) is 4.95. The van der Waals surface area contributed by atoms with Crippen molar-refractivity contribution in [2.75, 3.05) is 18.5 Å². The van der Waals surface area contributed by atoms with Crippen molar-refractivity contribution in [2.24, 2.45) is 0 Å². The number of pyridine rings is 1. The quantitative estimate of drug-likeness (QED) is 0.883. The fraction of sp³-hybridized carbons (Fsp3) is 0.583. The van der Waals surface area contributed by atoms with E-state index >= 15 is 0 Å². The molecule has 0 saturated carbocycles. The van der Waals surface area contributed by atoms with Crippen LogP contribution in [0.1, 0.15) is 19.4 Å². The number of halogens is 3. The first-order valence-electron chi connectivity index (χ1n) is 5.76. The van der Waals surface area contributed by atoms with Crippen LogP contribution < -0.4 is 10.2 Å². The molecule has 102 valence electrons. The number of hydrogen-bond acceptors (Lipinski definition) is 3. The fourth-order valence-corrected chi connectivity index (χ4v) is 1.77. The molecule has 0 fully saturated rings. The van der Waals surface area contributed by atoms with Gasteiger partial charge in [0.1, 0.15) is 6.54 Å². The van der Waals surface area contributed by atoms with E-state index in [1.54, 1.807) is 33.2 Å². The number of hydrogen-bond donors (Lipinski definition) is 1. The molecule has 0 aliphatic heterocycles. The third-order valence-corrected chi connectivity index (χ3v) is 2.53. The van der Waals surface area contributed by atoms with E-state index in [-0.39, 0.29) is 6.04 Å². The highest BCUT2D eigenvalue weighted by molar-refractivity contribution is 5.53. The van der Waals surface area contributed by atoms with Crippen molar-refractivity contribution in [3.05, 3.63) is 24.0 Å². The molecule has 0 aliphatic carbocycles. The molecule has 1 rings (SSSR count). The Bertz CT molecular complexity index is 377. The normalized spacial score (nSPS) is 11.9. The highest BCUT2D eigenvalue weighted by Crippen LogP contribution is 2.26. The van der Waals surface area contributed by atoms with E-state index in [1.165, 1.54) is 11.1 Å². The highest BCUT2D eigenvalue weighted by Gasteiger charge is 2.32. The lowest BCUT2D eigenvalue weighted by molar-refractivity contribution is -0.120. The van der Waals surface area contributed by atoms with Gasteiger partial charge in [0.25, 0.3) is 0 Å². The Labute approximate surface area is 105 Å². The predicted molar refractivity (Wildman–Crippen MR) is 65.5 cm³/mol. The van der Waals surface area contributed by atoms with Crippen molar-refractivity contribution >= 4 is 5.69 Å². The summed E-state index contributed by atoms with van der Waals surface area (Å²) in [6.07, 6.45) is -1.11. The maximum Gasteiger partial charge on any atom is 0.405 e. The van der Waals surface area contributed by atoms with Gasteiger partial charge in [-0.15, -0.1) is 0 Å². The lowest BCUT2D eigenvalue weighted by Gasteiger charge is -2.31. The third kappa shape index (κ3) is 4.18. The Balaban J connectivity index is 3.05. The van der Waals surface area contributed by atoms with Crippen molar-refractivity contribution in [3.8, 4) is 0 Å². The summed E-state index contributed by atoms with van der Waals surface area (Å²) in [6, 6.07) is 1.39. The Morgan fingerprint density at radius 3 is 2.56 bits per heavy atom. The second kappa shape index (κ2) is 6.04. The van der Waals surface area contributed by atoms with Crippen LogP contribution in [0.4, 0.5) is 18.9 Å². The molecule has 0 unspecified atom stereocenters. The first kappa shape index (κ1) is 14.8. The first-order chi connectivity index (χ1) is 8.35. The van der Waals surface area contributed by atoms with Crippen LogP contribution in [0.15, 0.2) is 18.5 Å². The molecule has 0 spiro atoms. The van der Waals surface area contributed by atoms with Crippen LogP contribution in [-0.4, -0.2) is 30.8 Å². The minimum Gasteiger partial charge on any atom is -0.360 e. The van der Waals surface area contributed by atoms with Gasteiger partial charge in [0, 0.05) is 36.2 Å². The molecule has 1 N–H and O–H groups in total. The zero-order chi connectivity index (χ0) is 13.8. The number of alkyl halides is 3. The number of nitrogens with one attached hydrogen (secondary N) is 1. The minimum absolute atomic E-state index is 0.232. The first-order valence-corrected chi connectivity index (χ1v) is 5.76. The summed E-state index contributed by atoms with van der Waals surface area (Å²) in [6.45, 7) is 3.03. The molecule has 0 aromatic carbocycles. The summed E-state index contributed by atoms with van der Waals surface area (Å²) >= 11 is 0. The zero-order valence-corrected chi connectivity index (χ0v) is 10.8. The SMILES string of the molecule is CNCc1cnccc1N(CC(F)(F)F)C(C)C. The van der Waals surface area contributed by atoms with Gasteiger partial charge >= 0.3 is 6.18 Å². The summed E-state index contributed by atoms with van der Waals surface area (Å²) in [5.41, 5.74) is 1.34. The maximum absolute atomic E-state index is 12.6. The van der Waals surface area contributed by atoms with Gasteiger partial charge in [-0.3, -0.25) is 4.98 Å². The summed E-state index contributed by atoms with van der Waals surface area (Å²) in [7, 11) is 1.75. The summed E-state index contributed by atoms with van der Waals surface area (Å²) in [5, 5.41) is 2.93. The molecule has 18 heavy (non-hydrogen) atoms. The van der Waals surface area contributed by atoms with Crippen LogP contribution in [-0.2, 0) is 6.54 Å². The van der Waals surface area contributed by atoms with Crippen molar-refractivity contribution in [1.29, 1.82) is 0 Å². The van der Waals surface area contributed by atoms with Gasteiger partial charge in [-0.2, -0.15) is 13.2 Å². The fourth-order valence-electron chi connectivity index (χ4n) is 1.77. The molecule has 0 amide bonds. The zero-order valence-electron chi connectivity index (χ0n) is 10.8. The minimum atomic E-state index is -4.22. The second-order valence-electron chi connectivity index (χ2n) is 4.37. The van der Waals surface area contributed by atoms with E-state index in [0.717, 1.165) is 5.56 Å². The van der Waals surface area contributed by atoms with Gasteiger partial charge in [-0.05, 0) is 27.0 Å². The molecule has 3 nitrogen and oxygen atoms in total. The standard InChI is InChI=1S/C12H18F3N3/c1-9(2)18(8-12(13,14)15)11-4-5-17-7-10(11)6-16-3/h4-5,7,9,16H,6,8H2,1-3H3. The largest absolute Gasteiger partial charge is 0.405 e. The van der Waals surface area contributed by atoms with E-state index < -0.39 is 12.7 Å². The topological polar surface area (TPSA) is 28.2 Å². The number of rotatable bonds is 5. The van der Waals surface area contributed by atoms with E-state index in [9.17, 15) is 13.2 Å². The average molecular weight is 261 g/mol. The molecule has 6 heteroatoms. The predicted octanol–water partition coefficient (Wildman–Crippen LogP) is 2.58. The number of aromatic nitrogens is 1. The van der Waals surface area contributed by atoms with Gasteiger partial charge in [-0.25, -0.2) is 0 Å². The Hall–Kier alpha value is -1.30. The molecular formula is C12H18F3N3. The lowest BCUT2D eigenvalue weighted by atomic mass is 10.1. The van der Waals surface area contributed by atoms with Gasteiger partial charge in [0.2, 0.25) is 0 Å². The summed E-state index contributed by atoms with van der Waals surface area (Å²) < 4.78 is 37.8. The highest BCUT2D eigenvalue weighted by atomic mass is 19.4. The van der Waals surface area contributed by atoms with E-state index in [4.69, 9.17) is 0 Å². The molecule has 0 bridgehead atoms. The van der Waals surface area contributed by atoms with Crippen molar-refractivity contribution in [1.82, 2.24) is 10.3 Å². The molecule has 0 saturated heterocycles. The smallest absolute Gasteiger partial charge is 0.360 e. The van der Waals surface area contributed by atoms with E-state index in [0.29, 0.717) is 12.2 Å². The molecule has 0 aliphatic rings. The summed E-state index contributed by atoms with van der Waals surface area (Å²) in [5.74, 6) is 0. The van der Waals surface area contributed by atoms with Crippen LogP contribution in [0.25, 0.3) is 0 Å². The van der Waals surface area contributed by atoms with Gasteiger partial charge < -0.3 is 10.2 Å². The lowest BCUT2D eigenvalue weighted by Crippen LogP contribution is -2.39. The van der Waals surface area contributed by atoms with Gasteiger partial charge in [0.15, 0.2) is 0 Å². The van der Waals surface area contributed by atoms with Crippen molar-refractivity contribution in [3.63, 3.8) is 0 Å². The van der Waals surface area contributed by atoms with Crippen LogP contribution in [0, 0.1) is 0 Å². The van der Waals surface area contributed by atoms with E-state index in [2.05, 4.69) is 10.3 Å².